The van der Waals surface area contributed by atoms with Gasteiger partial charge in [-0.05, 0) is 46.9 Å². The van der Waals surface area contributed by atoms with Crippen molar-refractivity contribution in [3.8, 4) is 33.9 Å². The Hall–Kier alpha value is -5.56. The van der Waals surface area contributed by atoms with Crippen molar-refractivity contribution >= 4 is 56.2 Å². The molecule has 0 fully saturated rings. The van der Waals surface area contributed by atoms with Crippen LogP contribution >= 0.6 is 22.7 Å². The summed E-state index contributed by atoms with van der Waals surface area (Å²) in [4.78, 5) is 21.5. The first-order chi connectivity index (χ1) is 24.3. The lowest BCUT2D eigenvalue weighted by molar-refractivity contribution is 0.660. The van der Waals surface area contributed by atoms with E-state index in [4.69, 9.17) is 15.0 Å². The van der Waals surface area contributed by atoms with Crippen LogP contribution in [0.3, 0.4) is 0 Å². The smallest absolute Gasteiger partial charge is 0.164 e. The molecule has 50 heavy (non-hydrogen) atoms. The molecule has 6 heteroatoms. The first-order valence-electron chi connectivity index (χ1n) is 16.5. The second kappa shape index (κ2) is 12.4. The maximum atomic E-state index is 4.97. The lowest BCUT2D eigenvalue weighted by Crippen LogP contribution is -2.15. The van der Waals surface area contributed by atoms with E-state index in [0.29, 0.717) is 23.0 Å². The molecule has 242 valence electrons. The van der Waals surface area contributed by atoms with Crippen LogP contribution in [0.2, 0.25) is 0 Å². The normalized spacial score (nSPS) is 13.2. The minimum Gasteiger partial charge on any atom is -0.245 e. The molecule has 0 radical (unpaired) electrons. The summed E-state index contributed by atoms with van der Waals surface area (Å²) < 4.78 is 1.25. The first kappa shape index (κ1) is 31.7. The molecule has 1 aliphatic carbocycles. The zero-order valence-corrected chi connectivity index (χ0v) is 29.8. The number of rotatable bonds is 8. The van der Waals surface area contributed by atoms with E-state index in [0.717, 1.165) is 48.7 Å². The number of hydrogen-bond acceptors (Lipinski definition) is 6. The molecule has 0 N–H and O–H groups in total. The third-order valence-electron chi connectivity index (χ3n) is 9.61. The Morgan fingerprint density at radius 2 is 1.38 bits per heavy atom. The highest BCUT2D eigenvalue weighted by Crippen LogP contribution is 2.53. The Labute approximate surface area is 300 Å². The van der Waals surface area contributed by atoms with Crippen molar-refractivity contribution < 1.29 is 0 Å². The average molecular weight is 683 g/mol. The predicted molar refractivity (Wildman–Crippen MR) is 213 cm³/mol. The number of nitrogens with zero attached hydrogens (tertiary/aromatic N) is 4. The van der Waals surface area contributed by atoms with Crippen LogP contribution in [-0.2, 0) is 5.41 Å². The molecular weight excluding hydrogens is 649 g/mol. The molecule has 0 atom stereocenters. The van der Waals surface area contributed by atoms with E-state index in [1.54, 1.807) is 22.7 Å². The molecule has 4 aromatic carbocycles. The third-order valence-corrected chi connectivity index (χ3v) is 11.8. The molecule has 8 rings (SSSR count). The van der Waals surface area contributed by atoms with Gasteiger partial charge in [0, 0.05) is 48.6 Å². The van der Waals surface area contributed by atoms with Gasteiger partial charge in [0.2, 0.25) is 0 Å². The number of benzene rings is 4. The summed E-state index contributed by atoms with van der Waals surface area (Å²) >= 11 is 3.39. The van der Waals surface area contributed by atoms with E-state index >= 15 is 0 Å². The second-order valence-corrected chi connectivity index (χ2v) is 14.7. The Balaban J connectivity index is 1.25. The van der Waals surface area contributed by atoms with E-state index in [2.05, 4.69) is 81.9 Å². The lowest BCUT2D eigenvalue weighted by atomic mass is 9.81. The van der Waals surface area contributed by atoms with E-state index in [1.807, 2.05) is 78.3 Å². The van der Waals surface area contributed by atoms with Crippen LogP contribution in [0.4, 0.5) is 0 Å². The van der Waals surface area contributed by atoms with Crippen LogP contribution < -0.4 is 0 Å². The van der Waals surface area contributed by atoms with E-state index < -0.39 is 0 Å². The number of hydrogen-bond donors (Lipinski definition) is 0. The van der Waals surface area contributed by atoms with E-state index in [1.165, 1.54) is 27.0 Å². The number of thiazole rings is 1. The van der Waals surface area contributed by atoms with Crippen molar-refractivity contribution in [3.05, 3.63) is 166 Å². The van der Waals surface area contributed by atoms with Crippen molar-refractivity contribution in [1.82, 2.24) is 19.9 Å². The van der Waals surface area contributed by atoms with Crippen LogP contribution in [0.25, 0.3) is 67.4 Å². The van der Waals surface area contributed by atoms with Crippen LogP contribution in [0.15, 0.2) is 122 Å². The van der Waals surface area contributed by atoms with Crippen LogP contribution in [0, 0.1) is 0 Å². The molecule has 0 saturated heterocycles. The van der Waals surface area contributed by atoms with Gasteiger partial charge in [-0.2, -0.15) is 0 Å². The highest BCUT2D eigenvalue weighted by molar-refractivity contribution is 7.17. The average Bonchev–Trinajstić information content (AvgIpc) is 3.85. The molecule has 3 aromatic heterocycles. The van der Waals surface area contributed by atoms with Crippen molar-refractivity contribution in [3.63, 3.8) is 0 Å². The Morgan fingerprint density at radius 1 is 0.740 bits per heavy atom. The SMILES string of the molecule is C=Cc1c(C(=C)c2nc(-c3ccccc3)nc(-c3ccccc3)n2)sc(/C(=C\C)c2ccc3c(c2)C(C)(C)c2ccc4ncsc4c2-3)c1C=C. The summed E-state index contributed by atoms with van der Waals surface area (Å²) in [7, 11) is 0. The summed E-state index contributed by atoms with van der Waals surface area (Å²) in [5, 5.41) is 0. The fourth-order valence-corrected chi connectivity index (χ4v) is 9.29. The Bertz CT molecular complexity index is 2460. The molecule has 4 nitrogen and oxygen atoms in total. The van der Waals surface area contributed by atoms with Crippen molar-refractivity contribution in [2.45, 2.75) is 26.2 Å². The number of thiophene rings is 1. The molecule has 0 bridgehead atoms. The summed E-state index contributed by atoms with van der Waals surface area (Å²) in [5.41, 5.74) is 14.9. The van der Waals surface area contributed by atoms with Gasteiger partial charge in [-0.1, -0.05) is 131 Å². The fraction of sp³-hybridized carbons (Fsp3) is 0.0909. The number of aromatic nitrogens is 4. The van der Waals surface area contributed by atoms with Gasteiger partial charge in [-0.25, -0.2) is 19.9 Å². The van der Waals surface area contributed by atoms with Crippen LogP contribution in [0.5, 0.6) is 0 Å². The largest absolute Gasteiger partial charge is 0.245 e. The molecule has 0 unspecified atom stereocenters. The highest BCUT2D eigenvalue weighted by Gasteiger charge is 2.37. The third kappa shape index (κ3) is 5.02. The van der Waals surface area contributed by atoms with Crippen LogP contribution in [0.1, 0.15) is 64.2 Å². The maximum absolute atomic E-state index is 4.97. The minimum absolute atomic E-state index is 0.147. The van der Waals surface area contributed by atoms with E-state index in [9.17, 15) is 0 Å². The van der Waals surface area contributed by atoms with Gasteiger partial charge in [0.15, 0.2) is 17.5 Å². The zero-order chi connectivity index (χ0) is 34.6. The molecule has 7 aromatic rings. The molecule has 0 saturated carbocycles. The van der Waals surface area contributed by atoms with Gasteiger partial charge >= 0.3 is 0 Å². The number of fused-ring (bicyclic) bond motifs is 5. The molecule has 0 aliphatic heterocycles. The molecule has 3 heterocycles. The minimum atomic E-state index is -0.147. The standard InChI is InChI=1S/C44H34N4S2/c1-7-30(29-20-21-33-35(24-29)44(5,6)34-22-23-36-40(37(33)34)49-25-45-36)39-32(9-3)31(8-2)38(50-39)26(4)41-46-42(27-16-12-10-13-17-27)48-43(47-41)28-18-14-11-15-19-28/h7-25H,2-4H2,1,5-6H3/b30-7-. The van der Waals surface area contributed by atoms with Crippen molar-refractivity contribution in [2.24, 2.45) is 0 Å². The first-order valence-corrected chi connectivity index (χ1v) is 18.2. The van der Waals surface area contributed by atoms with Gasteiger partial charge in [0.25, 0.3) is 0 Å². The topological polar surface area (TPSA) is 51.6 Å². The summed E-state index contributed by atoms with van der Waals surface area (Å²) in [6.07, 6.45) is 6.01. The number of allylic oxidation sites excluding steroid dienone is 1. The zero-order valence-electron chi connectivity index (χ0n) is 28.2. The Morgan fingerprint density at radius 3 is 2.00 bits per heavy atom. The lowest BCUT2D eigenvalue weighted by Gasteiger charge is -2.22. The monoisotopic (exact) mass is 682 g/mol. The van der Waals surface area contributed by atoms with Gasteiger partial charge < -0.3 is 0 Å². The highest BCUT2D eigenvalue weighted by atomic mass is 32.1. The summed E-state index contributed by atoms with van der Waals surface area (Å²) in [5.74, 6) is 1.73. The van der Waals surface area contributed by atoms with Gasteiger partial charge in [-0.15, -0.1) is 22.7 Å². The molecule has 1 aliphatic rings. The molecule has 0 amide bonds. The quantitative estimate of drug-likeness (QED) is 0.160. The van der Waals surface area contributed by atoms with Gasteiger partial charge in [0.05, 0.1) is 15.7 Å². The maximum Gasteiger partial charge on any atom is 0.164 e. The Kier molecular flexibility index (Phi) is 7.86. The van der Waals surface area contributed by atoms with Crippen molar-refractivity contribution in [2.75, 3.05) is 0 Å². The van der Waals surface area contributed by atoms with Crippen LogP contribution in [-0.4, -0.2) is 19.9 Å². The van der Waals surface area contributed by atoms with Crippen molar-refractivity contribution in [1.29, 1.82) is 0 Å². The van der Waals surface area contributed by atoms with Gasteiger partial charge in [0.1, 0.15) is 0 Å². The molecule has 0 spiro atoms. The second-order valence-electron chi connectivity index (χ2n) is 12.8. The fourth-order valence-electron chi connectivity index (χ4n) is 7.07. The summed E-state index contributed by atoms with van der Waals surface area (Å²) in [6.45, 7) is 19.8. The summed E-state index contributed by atoms with van der Waals surface area (Å²) in [6, 6.07) is 31.3. The van der Waals surface area contributed by atoms with Gasteiger partial charge in [-0.3, -0.25) is 0 Å². The van der Waals surface area contributed by atoms with E-state index in [-0.39, 0.29) is 5.41 Å². The predicted octanol–water partition coefficient (Wildman–Crippen LogP) is 12.0. The molecular formula is C44H34N4S2.